The summed E-state index contributed by atoms with van der Waals surface area (Å²) in [5.74, 6) is 1.17. The number of hydrogen-bond acceptors (Lipinski definition) is 3. The molecule has 2 saturated carbocycles. The molecule has 1 aromatic carbocycles. The van der Waals surface area contributed by atoms with Crippen LogP contribution in [0, 0.1) is 28.6 Å². The molecule has 1 amide bonds. The number of hydrogen-bond donors (Lipinski definition) is 2. The molecule has 0 unspecified atom stereocenters. The maximum absolute atomic E-state index is 12.6. The van der Waals surface area contributed by atoms with Crippen molar-refractivity contribution < 1.29 is 14.6 Å². The molecule has 2 N–H and O–H groups in total. The van der Waals surface area contributed by atoms with Gasteiger partial charge in [-0.15, -0.1) is 0 Å². The van der Waals surface area contributed by atoms with E-state index in [9.17, 15) is 9.90 Å². The van der Waals surface area contributed by atoms with Gasteiger partial charge in [-0.05, 0) is 60.1 Å². The fraction of sp³-hybridized carbons (Fsp3) is 0.682. The second kappa shape index (κ2) is 6.38. The maximum atomic E-state index is 12.6. The Hall–Kier alpha value is -1.26. The molecule has 0 radical (unpaired) electrons. The number of fused-ring (bicyclic) bond motifs is 1. The van der Waals surface area contributed by atoms with E-state index in [1.807, 2.05) is 19.9 Å². The first-order valence-electron chi connectivity index (χ1n) is 10.1. The van der Waals surface area contributed by atoms with Gasteiger partial charge in [0.2, 0.25) is 5.91 Å². The Morgan fingerprint density at radius 2 is 2.11 bits per heavy atom. The number of ether oxygens (including phenoxy) is 1. The van der Waals surface area contributed by atoms with Crippen molar-refractivity contribution >= 4 is 17.5 Å². The molecule has 1 spiro atoms. The number of rotatable bonds is 3. The van der Waals surface area contributed by atoms with Crippen LogP contribution in [0.25, 0.3) is 0 Å². The second-order valence-corrected chi connectivity index (χ2v) is 10.1. The number of aromatic hydroxyl groups is 1. The molecule has 1 aliphatic heterocycles. The van der Waals surface area contributed by atoms with Gasteiger partial charge in [0.05, 0.1) is 6.10 Å². The number of amides is 1. The molecular formula is C22H30ClNO3. The van der Waals surface area contributed by atoms with Crippen LogP contribution in [0.2, 0.25) is 5.02 Å². The van der Waals surface area contributed by atoms with Crippen LogP contribution in [-0.2, 0) is 9.53 Å². The first kappa shape index (κ1) is 19.1. The Morgan fingerprint density at radius 1 is 1.37 bits per heavy atom. The molecule has 27 heavy (non-hydrogen) atoms. The minimum Gasteiger partial charge on any atom is -0.508 e. The van der Waals surface area contributed by atoms with E-state index in [1.165, 1.54) is 0 Å². The summed E-state index contributed by atoms with van der Waals surface area (Å²) in [5, 5.41) is 14.5. The van der Waals surface area contributed by atoms with Crippen molar-refractivity contribution in [3.05, 3.63) is 28.8 Å². The quantitative estimate of drug-likeness (QED) is 0.785. The first-order chi connectivity index (χ1) is 12.7. The third kappa shape index (κ3) is 2.79. The third-order valence-corrected chi connectivity index (χ3v) is 7.85. The van der Waals surface area contributed by atoms with Gasteiger partial charge in [0.25, 0.3) is 0 Å². The molecule has 0 aromatic heterocycles. The minimum absolute atomic E-state index is 0.0242. The van der Waals surface area contributed by atoms with Crippen LogP contribution in [0.1, 0.15) is 58.6 Å². The molecule has 1 heterocycles. The number of carbonyl (C=O) groups is 1. The van der Waals surface area contributed by atoms with Crippen LogP contribution in [0.5, 0.6) is 5.75 Å². The van der Waals surface area contributed by atoms with Crippen LogP contribution < -0.4 is 5.32 Å². The van der Waals surface area contributed by atoms with E-state index >= 15 is 0 Å². The van der Waals surface area contributed by atoms with E-state index in [0.717, 1.165) is 24.8 Å². The van der Waals surface area contributed by atoms with E-state index in [1.54, 1.807) is 12.1 Å². The van der Waals surface area contributed by atoms with E-state index in [2.05, 4.69) is 19.2 Å². The van der Waals surface area contributed by atoms with Crippen LogP contribution in [0.3, 0.4) is 0 Å². The summed E-state index contributed by atoms with van der Waals surface area (Å²) in [5.41, 5.74) is 0.876. The van der Waals surface area contributed by atoms with Gasteiger partial charge >= 0.3 is 0 Å². The lowest BCUT2D eigenvalue weighted by molar-refractivity contribution is -0.139. The fourth-order valence-corrected chi connectivity index (χ4v) is 6.34. The zero-order valence-corrected chi connectivity index (χ0v) is 17.3. The molecule has 1 aromatic rings. The summed E-state index contributed by atoms with van der Waals surface area (Å²) in [6.07, 6.45) is 2.97. The second-order valence-electron chi connectivity index (χ2n) is 9.64. The van der Waals surface area contributed by atoms with Crippen molar-refractivity contribution in [2.24, 2.45) is 28.6 Å². The predicted octanol–water partition coefficient (Wildman–Crippen LogP) is 4.70. The Morgan fingerprint density at radius 3 is 2.81 bits per heavy atom. The average Bonchev–Trinajstić information content (AvgIpc) is 3.09. The largest absolute Gasteiger partial charge is 0.508 e. The topological polar surface area (TPSA) is 58.6 Å². The molecule has 3 aliphatic rings. The lowest BCUT2D eigenvalue weighted by Gasteiger charge is -2.53. The molecule has 148 valence electrons. The number of halogens is 1. The highest BCUT2D eigenvalue weighted by Crippen LogP contribution is 2.70. The molecule has 3 fully saturated rings. The predicted molar refractivity (Wildman–Crippen MR) is 106 cm³/mol. The Labute approximate surface area is 166 Å². The highest BCUT2D eigenvalue weighted by atomic mass is 35.5. The summed E-state index contributed by atoms with van der Waals surface area (Å²) < 4.78 is 6.20. The summed E-state index contributed by atoms with van der Waals surface area (Å²) in [7, 11) is 0. The van der Waals surface area contributed by atoms with E-state index in [4.69, 9.17) is 16.3 Å². The van der Waals surface area contributed by atoms with Gasteiger partial charge in [0.15, 0.2) is 0 Å². The van der Waals surface area contributed by atoms with Crippen molar-refractivity contribution in [1.29, 1.82) is 0 Å². The van der Waals surface area contributed by atoms with Crippen LogP contribution in [-0.4, -0.2) is 23.7 Å². The van der Waals surface area contributed by atoms with Gasteiger partial charge in [-0.3, -0.25) is 4.79 Å². The number of phenolic OH excluding ortho intramolecular Hbond substituents is 1. The smallest absolute Gasteiger partial charge is 0.222 e. The fourth-order valence-electron chi connectivity index (χ4n) is 6.16. The third-order valence-electron chi connectivity index (χ3n) is 7.61. The highest BCUT2D eigenvalue weighted by molar-refractivity contribution is 6.30. The maximum Gasteiger partial charge on any atom is 0.222 e. The molecule has 4 rings (SSSR count). The van der Waals surface area contributed by atoms with Gasteiger partial charge in [-0.2, -0.15) is 0 Å². The minimum atomic E-state index is -0.169. The summed E-state index contributed by atoms with van der Waals surface area (Å²) >= 11 is 6.21. The van der Waals surface area contributed by atoms with Gasteiger partial charge < -0.3 is 15.2 Å². The summed E-state index contributed by atoms with van der Waals surface area (Å²) in [4.78, 5) is 12.6. The molecular weight excluding hydrogens is 362 g/mol. The van der Waals surface area contributed by atoms with Crippen LogP contribution in [0.4, 0.5) is 0 Å². The molecule has 1 saturated heterocycles. The van der Waals surface area contributed by atoms with Crippen molar-refractivity contribution in [1.82, 2.24) is 5.32 Å². The summed E-state index contributed by atoms with van der Waals surface area (Å²) in [6.45, 7) is 9.14. The van der Waals surface area contributed by atoms with Crippen molar-refractivity contribution in [3.8, 4) is 5.75 Å². The molecule has 2 bridgehead atoms. The van der Waals surface area contributed by atoms with Gasteiger partial charge in [-0.25, -0.2) is 0 Å². The Kier molecular flexibility index (Phi) is 4.51. The SMILES string of the molecule is CC(C)C(=O)N[C@H]1C(C)(C)[C@@H]2C[C@@H]3[C@@H](c4cc(Cl)ccc4O)OCC[C@@]31C2. The van der Waals surface area contributed by atoms with Gasteiger partial charge in [0.1, 0.15) is 5.75 Å². The van der Waals surface area contributed by atoms with Crippen molar-refractivity contribution in [3.63, 3.8) is 0 Å². The number of carbonyl (C=O) groups excluding carboxylic acids is 1. The van der Waals surface area contributed by atoms with E-state index in [0.29, 0.717) is 17.5 Å². The monoisotopic (exact) mass is 391 g/mol. The molecule has 5 atom stereocenters. The average molecular weight is 392 g/mol. The molecule has 2 aliphatic carbocycles. The lowest BCUT2D eigenvalue weighted by Crippen LogP contribution is -2.59. The van der Waals surface area contributed by atoms with Crippen LogP contribution >= 0.6 is 11.6 Å². The Bertz CT molecular complexity index is 762. The van der Waals surface area contributed by atoms with Gasteiger partial charge in [0, 0.05) is 29.2 Å². The number of benzene rings is 1. The lowest BCUT2D eigenvalue weighted by atomic mass is 9.58. The van der Waals surface area contributed by atoms with E-state index < -0.39 is 0 Å². The Balaban J connectivity index is 1.72. The highest BCUT2D eigenvalue weighted by Gasteiger charge is 2.68. The number of nitrogens with one attached hydrogen (secondary N) is 1. The summed E-state index contributed by atoms with van der Waals surface area (Å²) in [6, 6.07) is 5.32. The normalized spacial score (nSPS) is 36.7. The zero-order valence-electron chi connectivity index (χ0n) is 16.6. The van der Waals surface area contributed by atoms with Crippen molar-refractivity contribution in [2.75, 3.05) is 6.61 Å². The standard InChI is InChI=1S/C22H30ClNO3/c1-12(2)19(26)24-20-21(3,4)13-9-16-18(27-8-7-22(16,20)11-13)15-10-14(23)5-6-17(15)25/h5-6,10,12-13,16,18,20,25H,7-9,11H2,1-4H3,(H,24,26)/t13-,16-,18-,20+,22-/m1/s1. The molecule has 5 heteroatoms. The van der Waals surface area contributed by atoms with Gasteiger partial charge in [-0.1, -0.05) is 39.3 Å². The number of phenols is 1. The zero-order chi connectivity index (χ0) is 19.6. The van der Waals surface area contributed by atoms with Crippen LogP contribution in [0.15, 0.2) is 18.2 Å². The van der Waals surface area contributed by atoms with Crippen molar-refractivity contribution in [2.45, 2.75) is 59.1 Å². The van der Waals surface area contributed by atoms with E-state index in [-0.39, 0.29) is 46.5 Å². The molecule has 4 nitrogen and oxygen atoms in total. The first-order valence-corrected chi connectivity index (χ1v) is 10.4.